The van der Waals surface area contributed by atoms with Crippen LogP contribution in [-0.4, -0.2) is 58.0 Å². The number of carbonyl (C=O) groups is 2. The number of hydrogen-bond donors (Lipinski definition) is 1. The fourth-order valence-electron chi connectivity index (χ4n) is 4.70. The second kappa shape index (κ2) is 8.02. The zero-order chi connectivity index (χ0) is 23.4. The fourth-order valence-corrected chi connectivity index (χ4v) is 4.70. The van der Waals surface area contributed by atoms with Gasteiger partial charge in [0, 0.05) is 37.5 Å². The van der Waals surface area contributed by atoms with Crippen LogP contribution >= 0.6 is 0 Å². The van der Waals surface area contributed by atoms with Gasteiger partial charge in [-0.1, -0.05) is 24.3 Å². The molecule has 1 saturated carbocycles. The molecule has 3 heterocycles. The van der Waals surface area contributed by atoms with Crippen molar-refractivity contribution in [3.63, 3.8) is 0 Å². The molecule has 9 heteroatoms. The Kier molecular flexibility index (Phi) is 4.95. The number of nitrogens with zero attached hydrogens (tertiary/aromatic N) is 3. The summed E-state index contributed by atoms with van der Waals surface area (Å²) in [7, 11) is 0. The molecule has 2 saturated heterocycles. The van der Waals surface area contributed by atoms with Crippen LogP contribution < -0.4 is 5.56 Å². The van der Waals surface area contributed by atoms with E-state index in [-0.39, 0.29) is 35.0 Å². The molecule has 2 aliphatic heterocycles. The molecule has 0 bridgehead atoms. The van der Waals surface area contributed by atoms with E-state index in [1.54, 1.807) is 28.0 Å². The van der Waals surface area contributed by atoms with Gasteiger partial charge in [0.25, 0.3) is 11.5 Å². The number of nitrogens with one attached hydrogen (secondary N) is 1. The average molecular weight is 462 g/mol. The Labute approximate surface area is 194 Å². The highest BCUT2D eigenvalue weighted by atomic mass is 19.1. The van der Waals surface area contributed by atoms with Gasteiger partial charge in [-0.05, 0) is 36.6 Å². The van der Waals surface area contributed by atoms with Crippen LogP contribution in [0.5, 0.6) is 0 Å². The summed E-state index contributed by atoms with van der Waals surface area (Å²) >= 11 is 0. The van der Waals surface area contributed by atoms with Crippen molar-refractivity contribution in [2.75, 3.05) is 26.2 Å². The molecule has 1 N–H and O–H groups in total. The molecule has 3 aromatic rings. The van der Waals surface area contributed by atoms with E-state index in [1.165, 1.54) is 12.1 Å². The molecule has 0 spiro atoms. The summed E-state index contributed by atoms with van der Waals surface area (Å²) < 4.78 is 20.5. The molecule has 2 unspecified atom stereocenters. The van der Waals surface area contributed by atoms with E-state index in [0.717, 1.165) is 12.8 Å². The number of rotatable bonds is 4. The number of hydrogen-bond acceptors (Lipinski definition) is 5. The van der Waals surface area contributed by atoms with Crippen LogP contribution in [0.2, 0.25) is 0 Å². The number of ether oxygens (including phenoxy) is 1. The van der Waals surface area contributed by atoms with Crippen molar-refractivity contribution in [3.05, 3.63) is 75.5 Å². The van der Waals surface area contributed by atoms with Crippen LogP contribution in [0.4, 0.5) is 4.39 Å². The lowest BCUT2D eigenvalue weighted by molar-refractivity contribution is -0.134. The van der Waals surface area contributed by atoms with E-state index >= 15 is 0 Å². The first-order valence-corrected chi connectivity index (χ1v) is 11.5. The number of halogens is 1. The SMILES string of the molecule is O=C(c1cc(C2OC2c2n[nH]c(=O)c3ccccc23)ccc1F)N1CCN(C(=O)C2CC2)CC1. The van der Waals surface area contributed by atoms with Gasteiger partial charge in [0.2, 0.25) is 5.91 Å². The highest BCUT2D eigenvalue weighted by Crippen LogP contribution is 2.51. The summed E-state index contributed by atoms with van der Waals surface area (Å²) in [5, 5.41) is 7.92. The topological polar surface area (TPSA) is 98.9 Å². The maximum Gasteiger partial charge on any atom is 0.272 e. The quantitative estimate of drug-likeness (QED) is 0.601. The minimum Gasteiger partial charge on any atom is -0.358 e. The van der Waals surface area contributed by atoms with Crippen LogP contribution in [0.25, 0.3) is 10.8 Å². The number of aromatic nitrogens is 2. The molecule has 8 nitrogen and oxygen atoms in total. The van der Waals surface area contributed by atoms with E-state index in [9.17, 15) is 18.8 Å². The van der Waals surface area contributed by atoms with Crippen molar-refractivity contribution < 1.29 is 18.7 Å². The van der Waals surface area contributed by atoms with E-state index in [4.69, 9.17) is 4.74 Å². The van der Waals surface area contributed by atoms with Crippen LogP contribution in [0, 0.1) is 11.7 Å². The lowest BCUT2D eigenvalue weighted by atomic mass is 10.0. The third kappa shape index (κ3) is 3.66. The fraction of sp³-hybridized carbons (Fsp3) is 0.360. The number of benzene rings is 2. The molecule has 2 amide bonds. The summed E-state index contributed by atoms with van der Waals surface area (Å²) in [4.78, 5) is 40.8. The summed E-state index contributed by atoms with van der Waals surface area (Å²) in [5.74, 6) is -0.657. The van der Waals surface area contributed by atoms with Gasteiger partial charge >= 0.3 is 0 Å². The first-order chi connectivity index (χ1) is 16.5. The Hall–Kier alpha value is -3.59. The molecule has 0 radical (unpaired) electrons. The van der Waals surface area contributed by atoms with Crippen molar-refractivity contribution in [1.82, 2.24) is 20.0 Å². The van der Waals surface area contributed by atoms with E-state index in [0.29, 0.717) is 48.2 Å². The Morgan fingerprint density at radius 2 is 1.68 bits per heavy atom. The van der Waals surface area contributed by atoms with Gasteiger partial charge < -0.3 is 14.5 Å². The first kappa shape index (κ1) is 21.0. The van der Waals surface area contributed by atoms with Gasteiger partial charge in [-0.15, -0.1) is 0 Å². The molecule has 2 atom stereocenters. The van der Waals surface area contributed by atoms with E-state index in [1.807, 2.05) is 12.1 Å². The number of aromatic amines is 1. The monoisotopic (exact) mass is 462 g/mol. The molecule has 3 fully saturated rings. The predicted octanol–water partition coefficient (Wildman–Crippen LogP) is 2.57. The largest absolute Gasteiger partial charge is 0.358 e. The van der Waals surface area contributed by atoms with Crippen molar-refractivity contribution in [1.29, 1.82) is 0 Å². The van der Waals surface area contributed by atoms with Gasteiger partial charge in [0.05, 0.1) is 10.9 Å². The molecule has 1 aromatic heterocycles. The normalized spacial score (nSPS) is 22.1. The smallest absolute Gasteiger partial charge is 0.272 e. The summed E-state index contributed by atoms with van der Waals surface area (Å²) in [6.07, 6.45) is 1.11. The van der Waals surface area contributed by atoms with Gasteiger partial charge in [0.15, 0.2) is 0 Å². The minimum atomic E-state index is -0.588. The van der Waals surface area contributed by atoms with Crippen molar-refractivity contribution in [2.45, 2.75) is 25.0 Å². The lowest BCUT2D eigenvalue weighted by Crippen LogP contribution is -2.51. The molecule has 2 aromatic carbocycles. The van der Waals surface area contributed by atoms with Crippen molar-refractivity contribution in [3.8, 4) is 0 Å². The number of epoxide rings is 1. The number of piperazine rings is 1. The second-order valence-electron chi connectivity index (χ2n) is 9.09. The van der Waals surface area contributed by atoms with E-state index in [2.05, 4.69) is 10.2 Å². The van der Waals surface area contributed by atoms with Crippen LogP contribution in [0.15, 0.2) is 47.3 Å². The van der Waals surface area contributed by atoms with Gasteiger partial charge in [0.1, 0.15) is 23.7 Å². The predicted molar refractivity (Wildman–Crippen MR) is 121 cm³/mol. The Morgan fingerprint density at radius 3 is 2.41 bits per heavy atom. The van der Waals surface area contributed by atoms with Crippen molar-refractivity contribution >= 4 is 22.6 Å². The summed E-state index contributed by atoms with van der Waals surface area (Å²) in [6.45, 7) is 1.72. The summed E-state index contributed by atoms with van der Waals surface area (Å²) in [6, 6.07) is 11.6. The van der Waals surface area contributed by atoms with Gasteiger partial charge in [-0.2, -0.15) is 5.10 Å². The molecule has 34 heavy (non-hydrogen) atoms. The maximum absolute atomic E-state index is 14.6. The zero-order valence-corrected chi connectivity index (χ0v) is 18.4. The molecule has 3 aliphatic rings. The Bertz CT molecular complexity index is 1360. The lowest BCUT2D eigenvalue weighted by Gasteiger charge is -2.35. The highest BCUT2D eigenvalue weighted by Gasteiger charge is 2.44. The third-order valence-corrected chi connectivity index (χ3v) is 6.84. The third-order valence-electron chi connectivity index (χ3n) is 6.84. The minimum absolute atomic E-state index is 0.00648. The Balaban J connectivity index is 1.20. The number of fused-ring (bicyclic) bond motifs is 1. The molecule has 1 aliphatic carbocycles. The van der Waals surface area contributed by atoms with Crippen molar-refractivity contribution in [2.24, 2.45) is 5.92 Å². The van der Waals surface area contributed by atoms with Crippen LogP contribution in [-0.2, 0) is 9.53 Å². The highest BCUT2D eigenvalue weighted by molar-refractivity contribution is 5.95. The Morgan fingerprint density at radius 1 is 0.971 bits per heavy atom. The van der Waals surface area contributed by atoms with Crippen LogP contribution in [0.3, 0.4) is 0 Å². The van der Waals surface area contributed by atoms with Crippen LogP contribution in [0.1, 0.15) is 46.7 Å². The van der Waals surface area contributed by atoms with E-state index < -0.39 is 11.9 Å². The van der Waals surface area contributed by atoms with Gasteiger partial charge in [-0.25, -0.2) is 9.49 Å². The molecule has 174 valence electrons. The molecular weight excluding hydrogens is 439 g/mol. The zero-order valence-electron chi connectivity index (χ0n) is 18.4. The number of H-pyrrole nitrogens is 1. The molecule has 6 rings (SSSR count). The van der Waals surface area contributed by atoms with Gasteiger partial charge in [-0.3, -0.25) is 14.4 Å². The first-order valence-electron chi connectivity index (χ1n) is 11.5. The average Bonchev–Trinajstić information content (AvgIpc) is 3.79. The summed E-state index contributed by atoms with van der Waals surface area (Å²) in [5.41, 5.74) is 1.00. The second-order valence-corrected chi connectivity index (χ2v) is 9.09. The standard InChI is InChI=1S/C25H23FN4O4/c26-19-8-7-15(21-22(34-21)20-16-3-1-2-4-17(16)23(31)28-27-20)13-18(19)25(33)30-11-9-29(10-12-30)24(32)14-5-6-14/h1-4,7-8,13-14,21-22H,5-6,9-12H2,(H,28,31). The maximum atomic E-state index is 14.6. The number of carbonyl (C=O) groups excluding carboxylic acids is 2. The number of amides is 2. The molecular formula is C25H23FN4O4.